The van der Waals surface area contributed by atoms with Crippen molar-refractivity contribution in [2.75, 3.05) is 7.11 Å². The molecule has 0 aromatic heterocycles. The van der Waals surface area contributed by atoms with Crippen molar-refractivity contribution in [3.05, 3.63) is 71.9 Å². The van der Waals surface area contributed by atoms with Crippen LogP contribution in [0.4, 0.5) is 0 Å². The molecule has 3 heteroatoms. The van der Waals surface area contributed by atoms with Crippen LogP contribution in [0.3, 0.4) is 0 Å². The molecule has 0 saturated heterocycles. The summed E-state index contributed by atoms with van der Waals surface area (Å²) in [6, 6.07) is 12.0. The maximum Gasteiger partial charge on any atom is 0.179 e. The highest BCUT2D eigenvalue weighted by molar-refractivity contribution is 5.83. The first-order valence-electron chi connectivity index (χ1n) is 6.99. The molecule has 1 aromatic rings. The van der Waals surface area contributed by atoms with E-state index in [0.717, 1.165) is 22.5 Å². The molecule has 0 fully saturated rings. The molecule has 2 aliphatic rings. The van der Waals surface area contributed by atoms with Crippen LogP contribution in [0, 0.1) is 34.0 Å². The SMILES string of the molecule is COc1ccc(C2=CC3=CC=CC=C[C@@H]3C2(C#N)C#N)cc1. The summed E-state index contributed by atoms with van der Waals surface area (Å²) in [4.78, 5) is 0. The maximum absolute atomic E-state index is 9.76. The van der Waals surface area contributed by atoms with Crippen LogP contribution < -0.4 is 4.74 Å². The zero-order chi connectivity index (χ0) is 15.6. The standard InChI is InChI=1S/C19H14N2O/c1-22-16-9-7-14(8-10-16)18-11-15-5-3-2-4-6-17(15)19(18,12-20)13-21/h2-11,17H,1H3/t17-/m0/s1. The molecule has 106 valence electrons. The van der Waals surface area contributed by atoms with Gasteiger partial charge < -0.3 is 4.74 Å². The second-order valence-corrected chi connectivity index (χ2v) is 5.23. The van der Waals surface area contributed by atoms with E-state index in [4.69, 9.17) is 4.74 Å². The molecule has 0 radical (unpaired) electrons. The summed E-state index contributed by atoms with van der Waals surface area (Å²) in [5.74, 6) is 0.507. The second-order valence-electron chi connectivity index (χ2n) is 5.23. The molecule has 0 N–H and O–H groups in total. The number of nitrogens with zero attached hydrogens (tertiary/aromatic N) is 2. The first kappa shape index (κ1) is 13.9. The van der Waals surface area contributed by atoms with Gasteiger partial charge in [0.25, 0.3) is 0 Å². The molecular weight excluding hydrogens is 272 g/mol. The molecule has 0 amide bonds. The number of methoxy groups -OCH3 is 1. The summed E-state index contributed by atoms with van der Waals surface area (Å²) >= 11 is 0. The van der Waals surface area contributed by atoms with Crippen LogP contribution in [-0.2, 0) is 0 Å². The van der Waals surface area contributed by atoms with Crippen LogP contribution in [-0.4, -0.2) is 7.11 Å². The average Bonchev–Trinajstić information content (AvgIpc) is 2.71. The highest BCUT2D eigenvalue weighted by Crippen LogP contribution is 2.51. The summed E-state index contributed by atoms with van der Waals surface area (Å²) < 4.78 is 5.17. The first-order valence-corrected chi connectivity index (χ1v) is 6.99. The average molecular weight is 286 g/mol. The summed E-state index contributed by atoms with van der Waals surface area (Å²) in [5, 5.41) is 19.5. The third-order valence-corrected chi connectivity index (χ3v) is 4.13. The van der Waals surface area contributed by atoms with Crippen molar-refractivity contribution in [1.82, 2.24) is 0 Å². The summed E-state index contributed by atoms with van der Waals surface area (Å²) in [6.07, 6.45) is 11.6. The lowest BCUT2D eigenvalue weighted by molar-refractivity contribution is 0.414. The highest BCUT2D eigenvalue weighted by atomic mass is 16.5. The van der Waals surface area contributed by atoms with E-state index < -0.39 is 5.41 Å². The summed E-state index contributed by atoms with van der Waals surface area (Å²) in [5.41, 5.74) is 1.41. The van der Waals surface area contributed by atoms with Crippen LogP contribution in [0.15, 0.2) is 66.3 Å². The molecular formula is C19H14N2O. The van der Waals surface area contributed by atoms with E-state index in [0.29, 0.717) is 0 Å². The Hall–Kier alpha value is -3.04. The lowest BCUT2D eigenvalue weighted by Crippen LogP contribution is -2.24. The lowest BCUT2D eigenvalue weighted by Gasteiger charge is -2.23. The van der Waals surface area contributed by atoms with Crippen LogP contribution in [0.5, 0.6) is 5.75 Å². The molecule has 0 saturated carbocycles. The Labute approximate surface area is 129 Å². The van der Waals surface area contributed by atoms with Gasteiger partial charge in [-0.15, -0.1) is 0 Å². The van der Waals surface area contributed by atoms with E-state index in [2.05, 4.69) is 12.1 Å². The number of benzene rings is 1. The van der Waals surface area contributed by atoms with Gasteiger partial charge in [-0.3, -0.25) is 0 Å². The van der Waals surface area contributed by atoms with Gasteiger partial charge in [0.1, 0.15) is 5.75 Å². The smallest absolute Gasteiger partial charge is 0.179 e. The predicted octanol–water partition coefficient (Wildman–Crippen LogP) is 3.79. The molecule has 1 atom stereocenters. The zero-order valence-corrected chi connectivity index (χ0v) is 12.2. The molecule has 2 aliphatic carbocycles. The van der Waals surface area contributed by atoms with Gasteiger partial charge in [-0.2, -0.15) is 10.5 Å². The van der Waals surface area contributed by atoms with Crippen molar-refractivity contribution in [2.45, 2.75) is 0 Å². The van der Waals surface area contributed by atoms with Crippen molar-refractivity contribution < 1.29 is 4.74 Å². The number of hydrogen-bond donors (Lipinski definition) is 0. The quantitative estimate of drug-likeness (QED) is 0.831. The minimum atomic E-state index is -1.19. The highest BCUT2D eigenvalue weighted by Gasteiger charge is 2.48. The number of fused-ring (bicyclic) bond motifs is 1. The molecule has 3 nitrogen and oxygen atoms in total. The number of rotatable bonds is 2. The monoisotopic (exact) mass is 286 g/mol. The van der Waals surface area contributed by atoms with Gasteiger partial charge in [0.05, 0.1) is 19.2 Å². The van der Waals surface area contributed by atoms with Crippen molar-refractivity contribution in [1.29, 1.82) is 10.5 Å². The molecule has 22 heavy (non-hydrogen) atoms. The van der Waals surface area contributed by atoms with E-state index >= 15 is 0 Å². The molecule has 1 aromatic carbocycles. The Bertz CT molecular complexity index is 781. The van der Waals surface area contributed by atoms with Crippen molar-refractivity contribution >= 4 is 5.57 Å². The molecule has 0 bridgehead atoms. The van der Waals surface area contributed by atoms with Crippen LogP contribution in [0.1, 0.15) is 5.56 Å². The van der Waals surface area contributed by atoms with Gasteiger partial charge >= 0.3 is 0 Å². The van der Waals surface area contributed by atoms with E-state index in [1.165, 1.54) is 0 Å². The molecule has 0 aliphatic heterocycles. The van der Waals surface area contributed by atoms with Crippen LogP contribution in [0.2, 0.25) is 0 Å². The number of allylic oxidation sites excluding steroid dienone is 8. The third-order valence-electron chi connectivity index (χ3n) is 4.13. The molecule has 0 unspecified atom stereocenters. The van der Waals surface area contributed by atoms with Gasteiger partial charge in [0, 0.05) is 5.92 Å². The van der Waals surface area contributed by atoms with E-state index in [1.54, 1.807) is 7.11 Å². The Balaban J connectivity index is 2.16. The van der Waals surface area contributed by atoms with Crippen molar-refractivity contribution in [3.8, 4) is 17.9 Å². The predicted molar refractivity (Wildman–Crippen MR) is 84.5 cm³/mol. The Kier molecular flexibility index (Phi) is 3.41. The minimum Gasteiger partial charge on any atom is -0.497 e. The molecule has 3 rings (SSSR count). The van der Waals surface area contributed by atoms with E-state index in [9.17, 15) is 10.5 Å². The van der Waals surface area contributed by atoms with E-state index in [1.807, 2.05) is 60.7 Å². The van der Waals surface area contributed by atoms with Crippen molar-refractivity contribution in [3.63, 3.8) is 0 Å². The number of ether oxygens (including phenoxy) is 1. The lowest BCUT2D eigenvalue weighted by atomic mass is 9.73. The fourth-order valence-electron chi connectivity index (χ4n) is 2.97. The topological polar surface area (TPSA) is 56.8 Å². The normalized spacial score (nSPS) is 21.0. The van der Waals surface area contributed by atoms with Gasteiger partial charge in [-0.25, -0.2) is 0 Å². The third kappa shape index (κ3) is 1.96. The molecule has 0 heterocycles. The molecule has 0 spiro atoms. The van der Waals surface area contributed by atoms with Gasteiger partial charge in [0.2, 0.25) is 0 Å². The number of hydrogen-bond acceptors (Lipinski definition) is 3. The minimum absolute atomic E-state index is 0.241. The Morgan fingerprint density at radius 3 is 2.41 bits per heavy atom. The Morgan fingerprint density at radius 2 is 1.77 bits per heavy atom. The zero-order valence-electron chi connectivity index (χ0n) is 12.2. The van der Waals surface area contributed by atoms with Crippen LogP contribution >= 0.6 is 0 Å². The van der Waals surface area contributed by atoms with Gasteiger partial charge in [-0.05, 0) is 28.8 Å². The Morgan fingerprint density at radius 1 is 1.05 bits per heavy atom. The van der Waals surface area contributed by atoms with Gasteiger partial charge in [-0.1, -0.05) is 48.6 Å². The number of nitriles is 2. The summed E-state index contributed by atoms with van der Waals surface area (Å²) in [6.45, 7) is 0. The fourth-order valence-corrected chi connectivity index (χ4v) is 2.97. The first-order chi connectivity index (χ1) is 10.7. The summed E-state index contributed by atoms with van der Waals surface area (Å²) in [7, 11) is 1.61. The second kappa shape index (κ2) is 5.39. The maximum atomic E-state index is 9.76. The van der Waals surface area contributed by atoms with Crippen molar-refractivity contribution in [2.24, 2.45) is 11.3 Å². The largest absolute Gasteiger partial charge is 0.497 e. The van der Waals surface area contributed by atoms with Gasteiger partial charge in [0.15, 0.2) is 5.41 Å². The van der Waals surface area contributed by atoms with Crippen LogP contribution in [0.25, 0.3) is 5.57 Å². The fraction of sp³-hybridized carbons (Fsp3) is 0.158. The van der Waals surface area contributed by atoms with E-state index in [-0.39, 0.29) is 5.92 Å².